The van der Waals surface area contributed by atoms with Crippen molar-refractivity contribution in [1.29, 1.82) is 0 Å². The van der Waals surface area contributed by atoms with E-state index in [2.05, 4.69) is 44.0 Å². The molecule has 114 valence electrons. The van der Waals surface area contributed by atoms with Gasteiger partial charge in [0, 0.05) is 30.2 Å². The quantitative estimate of drug-likeness (QED) is 0.900. The van der Waals surface area contributed by atoms with Crippen LogP contribution >= 0.6 is 0 Å². The van der Waals surface area contributed by atoms with E-state index in [-0.39, 0.29) is 5.54 Å². The Morgan fingerprint density at radius 3 is 2.90 bits per heavy atom. The van der Waals surface area contributed by atoms with Crippen LogP contribution in [0.5, 0.6) is 0 Å². The number of hydrogen-bond donors (Lipinski definition) is 1. The van der Waals surface area contributed by atoms with Gasteiger partial charge in [0.05, 0.1) is 26.0 Å². The first-order chi connectivity index (χ1) is 9.49. The van der Waals surface area contributed by atoms with Crippen LogP contribution in [-0.4, -0.2) is 36.2 Å². The third kappa shape index (κ3) is 4.33. The number of hydrogen-bond acceptors (Lipinski definition) is 4. The van der Waals surface area contributed by atoms with Crippen molar-refractivity contribution >= 4 is 0 Å². The zero-order valence-corrected chi connectivity index (χ0v) is 13.2. The van der Waals surface area contributed by atoms with Crippen LogP contribution in [0, 0.1) is 0 Å². The summed E-state index contributed by atoms with van der Waals surface area (Å²) < 4.78 is 11.3. The van der Waals surface area contributed by atoms with Crippen molar-refractivity contribution in [2.75, 3.05) is 19.8 Å². The largest absolute Gasteiger partial charge is 0.468 e. The lowest BCUT2D eigenvalue weighted by atomic mass is 10.1. The number of furan rings is 1. The molecule has 1 N–H and O–H groups in total. The van der Waals surface area contributed by atoms with E-state index in [9.17, 15) is 0 Å². The molecule has 0 bridgehead atoms. The lowest BCUT2D eigenvalue weighted by molar-refractivity contribution is -0.0155. The lowest BCUT2D eigenvalue weighted by Gasteiger charge is -2.34. The standard InChI is InChI=1S/C16H28N2O2/c1-5-14-12-19-9-7-18(14)11-15-13(6-8-20-15)10-17-16(2,3)4/h6,8,14,17H,5,7,9-12H2,1-4H3. The third-order valence-corrected chi connectivity index (χ3v) is 3.81. The van der Waals surface area contributed by atoms with Crippen LogP contribution in [-0.2, 0) is 17.8 Å². The molecule has 4 heteroatoms. The number of nitrogens with zero attached hydrogens (tertiary/aromatic N) is 1. The molecule has 0 saturated carbocycles. The smallest absolute Gasteiger partial charge is 0.122 e. The van der Waals surface area contributed by atoms with E-state index in [1.54, 1.807) is 6.26 Å². The van der Waals surface area contributed by atoms with Gasteiger partial charge in [-0.15, -0.1) is 0 Å². The molecule has 1 aliphatic rings. The van der Waals surface area contributed by atoms with Crippen LogP contribution in [0.1, 0.15) is 45.4 Å². The first-order valence-electron chi connectivity index (χ1n) is 7.61. The van der Waals surface area contributed by atoms with Crippen molar-refractivity contribution in [3.8, 4) is 0 Å². The fourth-order valence-electron chi connectivity index (χ4n) is 2.48. The van der Waals surface area contributed by atoms with Crippen LogP contribution in [0.2, 0.25) is 0 Å². The van der Waals surface area contributed by atoms with E-state index in [1.165, 1.54) is 5.56 Å². The zero-order valence-electron chi connectivity index (χ0n) is 13.2. The maximum atomic E-state index is 5.70. The fraction of sp³-hybridized carbons (Fsp3) is 0.750. The zero-order chi connectivity index (χ0) is 14.6. The van der Waals surface area contributed by atoms with Crippen molar-refractivity contribution in [3.63, 3.8) is 0 Å². The van der Waals surface area contributed by atoms with Crippen molar-refractivity contribution in [3.05, 3.63) is 23.7 Å². The molecule has 1 aromatic rings. The summed E-state index contributed by atoms with van der Waals surface area (Å²) in [5, 5.41) is 3.52. The molecule has 0 spiro atoms. The Balaban J connectivity index is 1.97. The molecule has 1 aliphatic heterocycles. The summed E-state index contributed by atoms with van der Waals surface area (Å²) in [6.07, 6.45) is 2.92. The van der Waals surface area contributed by atoms with Gasteiger partial charge in [-0.25, -0.2) is 0 Å². The van der Waals surface area contributed by atoms with Crippen molar-refractivity contribution in [1.82, 2.24) is 10.2 Å². The molecule has 20 heavy (non-hydrogen) atoms. The van der Waals surface area contributed by atoms with E-state index in [0.717, 1.165) is 45.0 Å². The van der Waals surface area contributed by atoms with Gasteiger partial charge in [0.1, 0.15) is 5.76 Å². The predicted octanol–water partition coefficient (Wildman–Crippen LogP) is 2.78. The van der Waals surface area contributed by atoms with Gasteiger partial charge in [0.25, 0.3) is 0 Å². The minimum Gasteiger partial charge on any atom is -0.468 e. The third-order valence-electron chi connectivity index (χ3n) is 3.81. The molecule has 2 rings (SSSR count). The Hall–Kier alpha value is -0.840. The Morgan fingerprint density at radius 1 is 1.40 bits per heavy atom. The van der Waals surface area contributed by atoms with Gasteiger partial charge in [-0.1, -0.05) is 6.92 Å². The molecule has 0 amide bonds. The molecule has 1 unspecified atom stereocenters. The van der Waals surface area contributed by atoms with Crippen molar-refractivity contribution in [2.45, 2.75) is 58.8 Å². The Kier molecular flexibility index (Phi) is 5.24. The Labute approximate surface area is 122 Å². The second kappa shape index (κ2) is 6.74. The molecule has 0 aromatic carbocycles. The first kappa shape index (κ1) is 15.5. The summed E-state index contributed by atoms with van der Waals surface area (Å²) in [5.41, 5.74) is 1.39. The number of nitrogens with one attached hydrogen (secondary N) is 1. The highest BCUT2D eigenvalue weighted by atomic mass is 16.5. The normalized spacial score (nSPS) is 21.3. The van der Waals surface area contributed by atoms with Gasteiger partial charge in [-0.3, -0.25) is 4.90 Å². The number of rotatable bonds is 5. The Morgan fingerprint density at radius 2 is 2.20 bits per heavy atom. The fourth-order valence-corrected chi connectivity index (χ4v) is 2.48. The highest BCUT2D eigenvalue weighted by molar-refractivity contribution is 5.17. The second-order valence-corrected chi connectivity index (χ2v) is 6.58. The maximum absolute atomic E-state index is 5.70. The summed E-state index contributed by atoms with van der Waals surface area (Å²) in [6, 6.07) is 2.59. The number of morpholine rings is 1. The molecule has 1 atom stereocenters. The predicted molar refractivity (Wildman–Crippen MR) is 80.6 cm³/mol. The van der Waals surface area contributed by atoms with E-state index < -0.39 is 0 Å². The molecule has 1 aromatic heterocycles. The van der Waals surface area contributed by atoms with Gasteiger partial charge in [-0.05, 0) is 33.3 Å². The first-order valence-corrected chi connectivity index (χ1v) is 7.61. The monoisotopic (exact) mass is 280 g/mol. The molecule has 0 aliphatic carbocycles. The minimum absolute atomic E-state index is 0.124. The van der Waals surface area contributed by atoms with Crippen LogP contribution in [0.25, 0.3) is 0 Å². The molecule has 1 fully saturated rings. The minimum atomic E-state index is 0.124. The Bertz CT molecular complexity index is 409. The number of ether oxygens (including phenoxy) is 1. The summed E-state index contributed by atoms with van der Waals surface area (Å²) in [5.74, 6) is 1.09. The summed E-state index contributed by atoms with van der Waals surface area (Å²) in [7, 11) is 0. The molecular weight excluding hydrogens is 252 g/mol. The SMILES string of the molecule is CCC1COCCN1Cc1occc1CNC(C)(C)C. The van der Waals surface area contributed by atoms with E-state index in [1.807, 2.05) is 0 Å². The highest BCUT2D eigenvalue weighted by Gasteiger charge is 2.23. The van der Waals surface area contributed by atoms with Crippen molar-refractivity contribution < 1.29 is 9.15 Å². The van der Waals surface area contributed by atoms with Gasteiger partial charge < -0.3 is 14.5 Å². The average molecular weight is 280 g/mol. The van der Waals surface area contributed by atoms with E-state index >= 15 is 0 Å². The van der Waals surface area contributed by atoms with Crippen LogP contribution in [0.3, 0.4) is 0 Å². The van der Waals surface area contributed by atoms with Crippen molar-refractivity contribution in [2.24, 2.45) is 0 Å². The van der Waals surface area contributed by atoms with E-state index in [4.69, 9.17) is 9.15 Å². The van der Waals surface area contributed by atoms with Gasteiger partial charge in [-0.2, -0.15) is 0 Å². The molecule has 2 heterocycles. The summed E-state index contributed by atoms with van der Waals surface area (Å²) in [6.45, 7) is 13.2. The molecular formula is C16H28N2O2. The lowest BCUT2D eigenvalue weighted by Crippen LogP contribution is -2.44. The summed E-state index contributed by atoms with van der Waals surface area (Å²) >= 11 is 0. The van der Waals surface area contributed by atoms with Crippen LogP contribution in [0.15, 0.2) is 16.7 Å². The van der Waals surface area contributed by atoms with Gasteiger partial charge >= 0.3 is 0 Å². The van der Waals surface area contributed by atoms with Crippen LogP contribution in [0.4, 0.5) is 0 Å². The average Bonchev–Trinajstić information content (AvgIpc) is 2.83. The van der Waals surface area contributed by atoms with Gasteiger partial charge in [0.2, 0.25) is 0 Å². The molecule has 0 radical (unpaired) electrons. The topological polar surface area (TPSA) is 37.6 Å². The molecule has 4 nitrogen and oxygen atoms in total. The van der Waals surface area contributed by atoms with Gasteiger partial charge in [0.15, 0.2) is 0 Å². The second-order valence-electron chi connectivity index (χ2n) is 6.58. The molecule has 1 saturated heterocycles. The van der Waals surface area contributed by atoms with Crippen LogP contribution < -0.4 is 5.32 Å². The highest BCUT2D eigenvalue weighted by Crippen LogP contribution is 2.19. The maximum Gasteiger partial charge on any atom is 0.122 e. The summed E-state index contributed by atoms with van der Waals surface area (Å²) in [4.78, 5) is 2.48. The van der Waals surface area contributed by atoms with E-state index in [0.29, 0.717) is 6.04 Å².